The molecule has 1 aliphatic rings. The summed E-state index contributed by atoms with van der Waals surface area (Å²) in [6.07, 6.45) is 0. The van der Waals surface area contributed by atoms with E-state index in [1.165, 1.54) is 0 Å². The van der Waals surface area contributed by atoms with Crippen molar-refractivity contribution in [3.63, 3.8) is 0 Å². The average Bonchev–Trinajstić information content (AvgIpc) is 2.47. The Kier molecular flexibility index (Phi) is 3.04. The van der Waals surface area contributed by atoms with E-state index in [-0.39, 0.29) is 11.4 Å². The predicted octanol–water partition coefficient (Wildman–Crippen LogP) is 4.03. The number of hydrogen-bond acceptors (Lipinski definition) is 3. The molecular weight excluding hydrogens is 238 g/mol. The number of carbonyl (C=O) groups is 1. The zero-order chi connectivity index (χ0) is 14.4. The molecule has 0 saturated heterocycles. The lowest BCUT2D eigenvalue weighted by atomic mass is 9.81. The highest BCUT2D eigenvalue weighted by Gasteiger charge is 2.33. The van der Waals surface area contributed by atoms with Crippen LogP contribution in [0.25, 0.3) is 0 Å². The number of fused-ring (bicyclic) bond motifs is 1. The van der Waals surface area contributed by atoms with Gasteiger partial charge < -0.3 is 4.74 Å². The van der Waals surface area contributed by atoms with Gasteiger partial charge in [0.2, 0.25) is 0 Å². The number of nitrogens with zero attached hydrogens (tertiary/aromatic N) is 1. The molecule has 1 heterocycles. The maximum absolute atomic E-state index is 12.1. The van der Waals surface area contributed by atoms with Crippen molar-refractivity contribution in [1.29, 1.82) is 0 Å². The van der Waals surface area contributed by atoms with Gasteiger partial charge in [-0.15, -0.1) is 0 Å². The molecule has 3 heteroatoms. The highest BCUT2D eigenvalue weighted by atomic mass is 16.6. The van der Waals surface area contributed by atoms with Gasteiger partial charge in [-0.3, -0.25) is 4.99 Å². The molecule has 0 saturated carbocycles. The molecular formula is C16H21NO2. The Morgan fingerprint density at radius 2 is 1.89 bits per heavy atom. The first kappa shape index (κ1) is 13.8. The molecule has 0 fully saturated rings. The van der Waals surface area contributed by atoms with E-state index in [0.717, 1.165) is 17.0 Å². The second-order valence-electron chi connectivity index (χ2n) is 6.56. The number of esters is 1. The van der Waals surface area contributed by atoms with Crippen molar-refractivity contribution in [1.82, 2.24) is 0 Å². The van der Waals surface area contributed by atoms with Gasteiger partial charge in [0, 0.05) is 11.1 Å². The smallest absolute Gasteiger partial charge is 0.338 e. The fourth-order valence-corrected chi connectivity index (χ4v) is 2.11. The summed E-state index contributed by atoms with van der Waals surface area (Å²) < 4.78 is 5.40. The molecule has 19 heavy (non-hydrogen) atoms. The van der Waals surface area contributed by atoms with Gasteiger partial charge in [-0.05, 0) is 51.5 Å². The first-order chi connectivity index (χ1) is 8.61. The van der Waals surface area contributed by atoms with E-state index in [1.807, 2.05) is 39.8 Å². The molecule has 0 N–H and O–H groups in total. The van der Waals surface area contributed by atoms with Crippen LogP contribution in [0.1, 0.15) is 57.5 Å². The molecule has 0 bridgehead atoms. The van der Waals surface area contributed by atoms with Gasteiger partial charge in [0.25, 0.3) is 0 Å². The second-order valence-corrected chi connectivity index (χ2v) is 6.56. The van der Waals surface area contributed by atoms with Crippen LogP contribution >= 0.6 is 0 Å². The van der Waals surface area contributed by atoms with Crippen LogP contribution in [-0.2, 0) is 10.2 Å². The van der Waals surface area contributed by atoms with Crippen LogP contribution in [0.5, 0.6) is 0 Å². The highest BCUT2D eigenvalue weighted by Crippen LogP contribution is 2.40. The molecule has 1 aromatic carbocycles. The Hall–Kier alpha value is -1.64. The van der Waals surface area contributed by atoms with Crippen molar-refractivity contribution in [3.05, 3.63) is 29.3 Å². The average molecular weight is 259 g/mol. The fourth-order valence-electron chi connectivity index (χ4n) is 2.11. The van der Waals surface area contributed by atoms with Crippen LogP contribution in [0, 0.1) is 0 Å². The summed E-state index contributed by atoms with van der Waals surface area (Å²) in [4.78, 5) is 16.6. The zero-order valence-corrected chi connectivity index (χ0v) is 12.5. The lowest BCUT2D eigenvalue weighted by Gasteiger charge is -2.22. The first-order valence-electron chi connectivity index (χ1n) is 6.55. The molecule has 1 aliphatic heterocycles. The summed E-state index contributed by atoms with van der Waals surface area (Å²) in [6.45, 7) is 11.9. The summed E-state index contributed by atoms with van der Waals surface area (Å²) in [5.41, 5.74) is 3.12. The monoisotopic (exact) mass is 259 g/mol. The summed E-state index contributed by atoms with van der Waals surface area (Å²) in [5, 5.41) is 0. The van der Waals surface area contributed by atoms with Crippen LogP contribution in [0.15, 0.2) is 23.2 Å². The maximum Gasteiger partial charge on any atom is 0.338 e. The molecule has 1 aromatic rings. The van der Waals surface area contributed by atoms with Gasteiger partial charge in [-0.2, -0.15) is 0 Å². The lowest BCUT2D eigenvalue weighted by Crippen LogP contribution is -2.25. The molecule has 3 nitrogen and oxygen atoms in total. The van der Waals surface area contributed by atoms with Crippen LogP contribution in [0.4, 0.5) is 5.69 Å². The van der Waals surface area contributed by atoms with Crippen molar-refractivity contribution in [2.75, 3.05) is 0 Å². The Bertz CT molecular complexity index is 563. The van der Waals surface area contributed by atoms with Gasteiger partial charge in [0.15, 0.2) is 0 Å². The summed E-state index contributed by atoms with van der Waals surface area (Å²) in [6, 6.07) is 5.58. The maximum atomic E-state index is 12.1. The Labute approximate surface area is 114 Å². The minimum Gasteiger partial charge on any atom is -0.456 e. The van der Waals surface area contributed by atoms with Gasteiger partial charge >= 0.3 is 5.97 Å². The fraction of sp³-hybridized carbons (Fsp3) is 0.500. The van der Waals surface area contributed by atoms with Crippen LogP contribution in [0.2, 0.25) is 0 Å². The molecule has 0 radical (unpaired) electrons. The zero-order valence-electron chi connectivity index (χ0n) is 12.5. The predicted molar refractivity (Wildman–Crippen MR) is 77.4 cm³/mol. The topological polar surface area (TPSA) is 38.7 Å². The molecule has 0 atom stereocenters. The molecule has 102 valence electrons. The third-order valence-electron chi connectivity index (χ3n) is 3.50. The van der Waals surface area contributed by atoms with E-state index in [9.17, 15) is 4.79 Å². The number of ether oxygens (including phenoxy) is 1. The summed E-state index contributed by atoms with van der Waals surface area (Å²) >= 11 is 0. The standard InChI is InChI=1S/C16H21NO2/c1-10-16(5,6)12-9-11(7-8-13(12)17-10)14(18)19-15(2,3)4/h7-9H,1-6H3. The number of benzene rings is 1. The Morgan fingerprint density at radius 1 is 1.26 bits per heavy atom. The van der Waals surface area contributed by atoms with Gasteiger partial charge in [0.1, 0.15) is 5.60 Å². The van der Waals surface area contributed by atoms with E-state index < -0.39 is 5.60 Å². The molecule has 0 amide bonds. The summed E-state index contributed by atoms with van der Waals surface area (Å²) in [7, 11) is 0. The summed E-state index contributed by atoms with van der Waals surface area (Å²) in [5.74, 6) is -0.282. The normalized spacial score (nSPS) is 16.8. The van der Waals surface area contributed by atoms with E-state index in [1.54, 1.807) is 6.07 Å². The molecule has 0 spiro atoms. The second kappa shape index (κ2) is 4.19. The minimum atomic E-state index is -0.474. The van der Waals surface area contributed by atoms with Crippen molar-refractivity contribution >= 4 is 17.4 Å². The van der Waals surface area contributed by atoms with Crippen molar-refractivity contribution in [3.8, 4) is 0 Å². The SMILES string of the molecule is CC1=Nc2ccc(C(=O)OC(C)(C)C)cc2C1(C)C. The van der Waals surface area contributed by atoms with Crippen molar-refractivity contribution < 1.29 is 9.53 Å². The number of carbonyl (C=O) groups excluding carboxylic acids is 1. The van der Waals surface area contributed by atoms with Crippen molar-refractivity contribution in [2.45, 2.75) is 52.6 Å². The lowest BCUT2D eigenvalue weighted by molar-refractivity contribution is 0.00694. The van der Waals surface area contributed by atoms with Crippen molar-refractivity contribution in [2.24, 2.45) is 4.99 Å². The van der Waals surface area contributed by atoms with Crippen LogP contribution in [-0.4, -0.2) is 17.3 Å². The number of aliphatic imine (C=N–C) groups is 1. The molecule has 0 unspecified atom stereocenters. The molecule has 0 aromatic heterocycles. The van der Waals surface area contributed by atoms with Gasteiger partial charge in [-0.25, -0.2) is 4.79 Å². The number of hydrogen-bond donors (Lipinski definition) is 0. The van der Waals surface area contributed by atoms with Crippen LogP contribution in [0.3, 0.4) is 0 Å². The third kappa shape index (κ3) is 2.55. The van der Waals surface area contributed by atoms with E-state index >= 15 is 0 Å². The van der Waals surface area contributed by atoms with Gasteiger partial charge in [0.05, 0.1) is 11.3 Å². The third-order valence-corrected chi connectivity index (χ3v) is 3.50. The first-order valence-corrected chi connectivity index (χ1v) is 6.55. The Balaban J connectivity index is 2.35. The quantitative estimate of drug-likeness (QED) is 0.714. The largest absolute Gasteiger partial charge is 0.456 e. The van der Waals surface area contributed by atoms with Gasteiger partial charge in [-0.1, -0.05) is 13.8 Å². The van der Waals surface area contributed by atoms with E-state index in [4.69, 9.17) is 4.74 Å². The molecule has 2 rings (SSSR count). The van der Waals surface area contributed by atoms with E-state index in [2.05, 4.69) is 18.8 Å². The minimum absolute atomic E-state index is 0.118. The number of rotatable bonds is 1. The van der Waals surface area contributed by atoms with Crippen LogP contribution < -0.4 is 0 Å². The Morgan fingerprint density at radius 3 is 2.47 bits per heavy atom. The highest BCUT2D eigenvalue weighted by molar-refractivity contribution is 6.01. The van der Waals surface area contributed by atoms with E-state index in [0.29, 0.717) is 5.56 Å². The molecule has 0 aliphatic carbocycles.